The third-order valence-corrected chi connectivity index (χ3v) is 6.55. The van der Waals surface area contributed by atoms with Crippen molar-refractivity contribution in [2.24, 2.45) is 0 Å². The standard InChI is InChI=1S/C9H16N2O5S2/c12-9(11-18(15,16)8-1-2-8)5-7-6-17(13,14)4-3-10-7/h7-8,10H,1-6H2,(H,11,12). The van der Waals surface area contributed by atoms with E-state index in [1.807, 2.05) is 4.72 Å². The van der Waals surface area contributed by atoms with Crippen molar-refractivity contribution < 1.29 is 21.6 Å². The lowest BCUT2D eigenvalue weighted by Gasteiger charge is -2.22. The van der Waals surface area contributed by atoms with Gasteiger partial charge in [-0.1, -0.05) is 0 Å². The van der Waals surface area contributed by atoms with Crippen LogP contribution in [0.4, 0.5) is 0 Å². The summed E-state index contributed by atoms with van der Waals surface area (Å²) in [5, 5.41) is 2.45. The summed E-state index contributed by atoms with van der Waals surface area (Å²) >= 11 is 0. The van der Waals surface area contributed by atoms with Gasteiger partial charge in [-0.25, -0.2) is 16.8 Å². The minimum atomic E-state index is -3.54. The van der Waals surface area contributed by atoms with Gasteiger partial charge >= 0.3 is 0 Å². The zero-order valence-electron chi connectivity index (χ0n) is 9.76. The van der Waals surface area contributed by atoms with E-state index in [4.69, 9.17) is 0 Å². The third-order valence-electron chi connectivity index (χ3n) is 2.95. The number of sulfone groups is 1. The van der Waals surface area contributed by atoms with Crippen molar-refractivity contribution in [3.05, 3.63) is 0 Å². The minimum absolute atomic E-state index is 0.0610. The molecule has 104 valence electrons. The fourth-order valence-corrected chi connectivity index (χ4v) is 4.65. The average molecular weight is 296 g/mol. The van der Waals surface area contributed by atoms with Crippen molar-refractivity contribution in [2.45, 2.75) is 30.6 Å². The SMILES string of the molecule is O=C(CC1CS(=O)(=O)CCN1)NS(=O)(=O)C1CC1. The molecule has 0 aromatic rings. The second-order valence-electron chi connectivity index (χ2n) is 4.74. The Morgan fingerprint density at radius 3 is 2.56 bits per heavy atom. The van der Waals surface area contributed by atoms with Crippen molar-refractivity contribution in [1.82, 2.24) is 10.0 Å². The first kappa shape index (κ1) is 13.8. The summed E-state index contributed by atoms with van der Waals surface area (Å²) in [5.41, 5.74) is 0. The number of rotatable bonds is 4. The van der Waals surface area contributed by atoms with Crippen LogP contribution < -0.4 is 10.0 Å². The van der Waals surface area contributed by atoms with Crippen LogP contribution in [0.25, 0.3) is 0 Å². The molecule has 1 aliphatic heterocycles. The Balaban J connectivity index is 1.88. The summed E-state index contributed by atoms with van der Waals surface area (Å²) in [5.74, 6) is -0.702. The van der Waals surface area contributed by atoms with Crippen LogP contribution in [-0.4, -0.2) is 52.1 Å². The summed E-state index contributed by atoms with van der Waals surface area (Å²) < 4.78 is 47.7. The molecule has 2 N–H and O–H groups in total. The van der Waals surface area contributed by atoms with E-state index in [0.717, 1.165) is 0 Å². The first-order valence-corrected chi connectivity index (χ1v) is 9.13. The maximum atomic E-state index is 11.5. The van der Waals surface area contributed by atoms with Crippen molar-refractivity contribution in [3.8, 4) is 0 Å². The number of amides is 1. The van der Waals surface area contributed by atoms with Crippen LogP contribution in [-0.2, 0) is 24.7 Å². The van der Waals surface area contributed by atoms with Crippen molar-refractivity contribution >= 4 is 25.8 Å². The number of carbonyl (C=O) groups excluding carboxylic acids is 1. The molecule has 2 rings (SSSR count). The lowest BCUT2D eigenvalue weighted by molar-refractivity contribution is -0.119. The summed E-state index contributed by atoms with van der Waals surface area (Å²) in [6, 6.07) is -0.502. The van der Waals surface area contributed by atoms with Gasteiger partial charge in [-0.15, -0.1) is 0 Å². The molecule has 0 aromatic carbocycles. The number of nitrogens with one attached hydrogen (secondary N) is 2. The Morgan fingerprint density at radius 1 is 1.33 bits per heavy atom. The minimum Gasteiger partial charge on any atom is -0.311 e. The molecule has 9 heteroatoms. The molecule has 18 heavy (non-hydrogen) atoms. The summed E-state index contributed by atoms with van der Waals surface area (Å²) in [4.78, 5) is 11.5. The lowest BCUT2D eigenvalue weighted by Crippen LogP contribution is -2.48. The van der Waals surface area contributed by atoms with E-state index in [1.54, 1.807) is 0 Å². The second kappa shape index (κ2) is 4.78. The highest BCUT2D eigenvalue weighted by Gasteiger charge is 2.37. The first-order chi connectivity index (χ1) is 8.28. The van der Waals surface area contributed by atoms with Gasteiger partial charge in [0.2, 0.25) is 15.9 Å². The van der Waals surface area contributed by atoms with E-state index < -0.39 is 37.1 Å². The molecule has 2 aliphatic rings. The van der Waals surface area contributed by atoms with Crippen LogP contribution >= 0.6 is 0 Å². The highest BCUT2D eigenvalue weighted by atomic mass is 32.2. The number of carbonyl (C=O) groups is 1. The van der Waals surface area contributed by atoms with E-state index in [1.165, 1.54) is 0 Å². The summed E-state index contributed by atoms with van der Waals surface area (Å²) in [6.45, 7) is 0.301. The van der Waals surface area contributed by atoms with Gasteiger partial charge in [0.25, 0.3) is 0 Å². The highest BCUT2D eigenvalue weighted by Crippen LogP contribution is 2.27. The maximum absolute atomic E-state index is 11.5. The normalized spacial score (nSPS) is 27.7. The molecule has 2 fully saturated rings. The van der Waals surface area contributed by atoms with Crippen LogP contribution in [0.2, 0.25) is 0 Å². The summed E-state index contributed by atoms with van der Waals surface area (Å²) in [6.07, 6.45) is 1.03. The molecule has 1 atom stereocenters. The van der Waals surface area contributed by atoms with Gasteiger partial charge in [-0.05, 0) is 12.8 Å². The predicted molar refractivity (Wildman–Crippen MR) is 65.1 cm³/mol. The lowest BCUT2D eigenvalue weighted by atomic mass is 10.2. The quantitative estimate of drug-likeness (QED) is 0.645. The molecule has 1 unspecified atom stereocenters. The fraction of sp³-hybridized carbons (Fsp3) is 0.889. The van der Waals surface area contributed by atoms with E-state index in [-0.39, 0.29) is 17.9 Å². The van der Waals surface area contributed by atoms with Crippen molar-refractivity contribution in [2.75, 3.05) is 18.1 Å². The monoisotopic (exact) mass is 296 g/mol. The second-order valence-corrected chi connectivity index (χ2v) is 8.93. The largest absolute Gasteiger partial charge is 0.311 e. The van der Waals surface area contributed by atoms with Crippen LogP contribution in [0.15, 0.2) is 0 Å². The Labute approximate surface area is 106 Å². The number of hydrogen-bond donors (Lipinski definition) is 2. The van der Waals surface area contributed by atoms with Gasteiger partial charge in [-0.2, -0.15) is 0 Å². The Kier molecular flexibility index (Phi) is 3.65. The topological polar surface area (TPSA) is 109 Å². The molecule has 1 aliphatic carbocycles. The van der Waals surface area contributed by atoms with Crippen LogP contribution in [0.3, 0.4) is 0 Å². The number of sulfonamides is 1. The van der Waals surface area contributed by atoms with Gasteiger partial charge < -0.3 is 5.32 Å². The van der Waals surface area contributed by atoms with Gasteiger partial charge in [0.15, 0.2) is 9.84 Å². The molecule has 1 amide bonds. The average Bonchev–Trinajstić information content (AvgIpc) is 2.96. The Bertz CT molecular complexity index is 535. The van der Waals surface area contributed by atoms with Gasteiger partial charge in [0, 0.05) is 19.0 Å². The van der Waals surface area contributed by atoms with Crippen LogP contribution in [0.1, 0.15) is 19.3 Å². The van der Waals surface area contributed by atoms with Crippen LogP contribution in [0.5, 0.6) is 0 Å². The molecule has 7 nitrogen and oxygen atoms in total. The molecule has 1 heterocycles. The summed E-state index contributed by atoms with van der Waals surface area (Å²) in [7, 11) is -6.66. The van der Waals surface area contributed by atoms with E-state index >= 15 is 0 Å². The van der Waals surface area contributed by atoms with E-state index in [9.17, 15) is 21.6 Å². The Morgan fingerprint density at radius 2 is 2.00 bits per heavy atom. The zero-order chi connectivity index (χ0) is 13.4. The molecule has 0 bridgehead atoms. The smallest absolute Gasteiger partial charge is 0.237 e. The third kappa shape index (κ3) is 3.66. The number of hydrogen-bond acceptors (Lipinski definition) is 6. The van der Waals surface area contributed by atoms with Crippen molar-refractivity contribution in [3.63, 3.8) is 0 Å². The fourth-order valence-electron chi connectivity index (χ4n) is 1.88. The molecule has 0 radical (unpaired) electrons. The molecule has 1 saturated heterocycles. The molecule has 0 aromatic heterocycles. The van der Waals surface area contributed by atoms with E-state index in [0.29, 0.717) is 19.4 Å². The maximum Gasteiger partial charge on any atom is 0.237 e. The zero-order valence-corrected chi connectivity index (χ0v) is 11.4. The molecular formula is C9H16N2O5S2. The van der Waals surface area contributed by atoms with E-state index in [2.05, 4.69) is 5.32 Å². The first-order valence-electron chi connectivity index (χ1n) is 5.77. The van der Waals surface area contributed by atoms with Crippen molar-refractivity contribution in [1.29, 1.82) is 0 Å². The van der Waals surface area contributed by atoms with Crippen LogP contribution in [0, 0.1) is 0 Å². The molecule has 1 saturated carbocycles. The molecular weight excluding hydrogens is 280 g/mol. The molecule has 0 spiro atoms. The van der Waals surface area contributed by atoms with Gasteiger partial charge in [0.1, 0.15) is 0 Å². The van der Waals surface area contributed by atoms with Gasteiger partial charge in [-0.3, -0.25) is 9.52 Å². The van der Waals surface area contributed by atoms with Gasteiger partial charge in [0.05, 0.1) is 16.8 Å². The predicted octanol–water partition coefficient (Wildman–Crippen LogP) is -1.63. The Hall–Kier alpha value is -0.670. The highest BCUT2D eigenvalue weighted by molar-refractivity contribution is 7.91.